The minimum absolute atomic E-state index is 0.579. The van der Waals surface area contributed by atoms with Crippen LogP contribution in [0.2, 0.25) is 5.02 Å². The van der Waals surface area contributed by atoms with Crippen molar-refractivity contribution in [3.63, 3.8) is 0 Å². The lowest BCUT2D eigenvalue weighted by Gasteiger charge is -2.21. The first-order chi connectivity index (χ1) is 9.86. The van der Waals surface area contributed by atoms with Crippen LogP contribution in [0.1, 0.15) is 28.4 Å². The van der Waals surface area contributed by atoms with Crippen molar-refractivity contribution in [2.75, 3.05) is 7.11 Å². The van der Waals surface area contributed by atoms with Crippen LogP contribution in [-0.4, -0.2) is 12.2 Å². The van der Waals surface area contributed by atoms with E-state index in [4.69, 9.17) is 16.3 Å². The average molecular weight is 435 g/mol. The van der Waals surface area contributed by atoms with E-state index in [1.807, 2.05) is 26.0 Å². The molecule has 1 atom stereocenters. The van der Waals surface area contributed by atoms with Crippen LogP contribution in [0.15, 0.2) is 33.2 Å². The van der Waals surface area contributed by atoms with Gasteiger partial charge in [0.2, 0.25) is 0 Å². The van der Waals surface area contributed by atoms with Crippen LogP contribution in [0.4, 0.5) is 0 Å². The molecule has 0 fully saturated rings. The van der Waals surface area contributed by atoms with Crippen LogP contribution in [0.25, 0.3) is 0 Å². The minimum atomic E-state index is -0.829. The highest BCUT2D eigenvalue weighted by molar-refractivity contribution is 9.10. The first-order valence-corrected chi connectivity index (χ1v) is 8.29. The fourth-order valence-electron chi connectivity index (χ4n) is 2.36. The van der Waals surface area contributed by atoms with Crippen molar-refractivity contribution in [3.8, 4) is 5.75 Å². The molecule has 0 aromatic heterocycles. The molecule has 2 aromatic rings. The van der Waals surface area contributed by atoms with Gasteiger partial charge in [0.1, 0.15) is 11.9 Å². The molecule has 2 nitrogen and oxygen atoms in total. The van der Waals surface area contributed by atoms with Crippen molar-refractivity contribution in [1.29, 1.82) is 0 Å². The zero-order valence-electron chi connectivity index (χ0n) is 11.9. The molecule has 5 heteroatoms. The monoisotopic (exact) mass is 432 g/mol. The Hall–Kier alpha value is -0.550. The van der Waals surface area contributed by atoms with Gasteiger partial charge in [-0.05, 0) is 49.2 Å². The van der Waals surface area contributed by atoms with Gasteiger partial charge < -0.3 is 9.84 Å². The van der Waals surface area contributed by atoms with Crippen molar-refractivity contribution in [3.05, 3.63) is 60.5 Å². The molecule has 21 heavy (non-hydrogen) atoms. The predicted molar refractivity (Wildman–Crippen MR) is 93.4 cm³/mol. The molecule has 1 N–H and O–H groups in total. The quantitative estimate of drug-likeness (QED) is 0.684. The number of methoxy groups -OCH3 is 1. The maximum atomic E-state index is 10.8. The Bertz CT molecular complexity index is 686. The lowest BCUT2D eigenvalue weighted by atomic mass is 9.94. The van der Waals surface area contributed by atoms with Gasteiger partial charge in [-0.2, -0.15) is 0 Å². The molecule has 0 spiro atoms. The molecule has 1 unspecified atom stereocenters. The Morgan fingerprint density at radius 1 is 1.14 bits per heavy atom. The van der Waals surface area contributed by atoms with E-state index in [1.165, 1.54) is 0 Å². The minimum Gasteiger partial charge on any atom is -0.496 e. The third-order valence-corrected chi connectivity index (χ3v) is 5.22. The average Bonchev–Trinajstić information content (AvgIpc) is 2.44. The number of hydrogen-bond donors (Lipinski definition) is 1. The summed E-state index contributed by atoms with van der Waals surface area (Å²) >= 11 is 13.0. The van der Waals surface area contributed by atoms with Gasteiger partial charge in [0, 0.05) is 25.1 Å². The SMILES string of the molecule is COc1c(C)cc(Br)c(C)c1C(O)c1cc(Cl)ccc1Br. The lowest BCUT2D eigenvalue weighted by molar-refractivity contribution is 0.213. The van der Waals surface area contributed by atoms with Crippen LogP contribution in [0.5, 0.6) is 5.75 Å². The number of ether oxygens (including phenoxy) is 1. The van der Waals surface area contributed by atoms with E-state index in [0.717, 1.165) is 25.6 Å². The number of aliphatic hydroxyl groups excluding tert-OH is 1. The maximum absolute atomic E-state index is 10.8. The van der Waals surface area contributed by atoms with Gasteiger partial charge in [0.05, 0.1) is 7.11 Å². The topological polar surface area (TPSA) is 29.5 Å². The zero-order valence-corrected chi connectivity index (χ0v) is 15.8. The summed E-state index contributed by atoms with van der Waals surface area (Å²) in [6.07, 6.45) is -0.829. The molecule has 0 radical (unpaired) electrons. The molecular formula is C16H15Br2ClO2. The molecule has 2 rings (SSSR count). The summed E-state index contributed by atoms with van der Waals surface area (Å²) in [6.45, 7) is 3.90. The van der Waals surface area contributed by atoms with Crippen LogP contribution in [0.3, 0.4) is 0 Å². The second kappa shape index (κ2) is 6.69. The molecule has 0 bridgehead atoms. The zero-order chi connectivity index (χ0) is 15.7. The van der Waals surface area contributed by atoms with Crippen LogP contribution < -0.4 is 4.74 Å². The van der Waals surface area contributed by atoms with Gasteiger partial charge >= 0.3 is 0 Å². The molecule has 0 heterocycles. The molecule has 0 aliphatic rings. The van der Waals surface area contributed by atoms with Gasteiger partial charge in [-0.1, -0.05) is 43.5 Å². The molecule has 0 aliphatic carbocycles. The predicted octanol–water partition coefficient (Wildman–Crippen LogP) is 5.57. The second-order valence-electron chi connectivity index (χ2n) is 4.82. The first kappa shape index (κ1) is 16.8. The standard InChI is InChI=1S/C16H15Br2ClO2/c1-8-6-13(18)9(2)14(16(8)21-3)15(20)11-7-10(19)4-5-12(11)17/h4-7,15,20H,1-3H3. The van der Waals surface area contributed by atoms with E-state index in [-0.39, 0.29) is 0 Å². The number of benzene rings is 2. The van der Waals surface area contributed by atoms with Crippen molar-refractivity contribution in [2.24, 2.45) is 0 Å². The van der Waals surface area contributed by atoms with Crippen molar-refractivity contribution >= 4 is 43.5 Å². The van der Waals surface area contributed by atoms with E-state index in [0.29, 0.717) is 16.3 Å². The van der Waals surface area contributed by atoms with Gasteiger partial charge in [-0.15, -0.1) is 0 Å². The fourth-order valence-corrected chi connectivity index (χ4v) is 3.56. The smallest absolute Gasteiger partial charge is 0.128 e. The van der Waals surface area contributed by atoms with E-state index in [2.05, 4.69) is 31.9 Å². The number of hydrogen-bond acceptors (Lipinski definition) is 2. The Labute approximate surface area is 146 Å². The van der Waals surface area contributed by atoms with Crippen LogP contribution in [-0.2, 0) is 0 Å². The van der Waals surface area contributed by atoms with Gasteiger partial charge in [0.15, 0.2) is 0 Å². The van der Waals surface area contributed by atoms with E-state index in [9.17, 15) is 5.11 Å². The fraction of sp³-hybridized carbons (Fsp3) is 0.250. The van der Waals surface area contributed by atoms with Gasteiger partial charge in [0.25, 0.3) is 0 Å². The number of rotatable bonds is 3. The summed E-state index contributed by atoms with van der Waals surface area (Å²) in [4.78, 5) is 0. The van der Waals surface area contributed by atoms with E-state index in [1.54, 1.807) is 19.2 Å². The Morgan fingerprint density at radius 3 is 2.43 bits per heavy atom. The summed E-state index contributed by atoms with van der Waals surface area (Å²) in [5.74, 6) is 0.690. The first-order valence-electron chi connectivity index (χ1n) is 6.33. The highest BCUT2D eigenvalue weighted by Crippen LogP contribution is 2.41. The molecule has 0 aliphatic heterocycles. The highest BCUT2D eigenvalue weighted by atomic mass is 79.9. The van der Waals surface area contributed by atoms with Crippen molar-refractivity contribution in [1.82, 2.24) is 0 Å². The molecule has 0 saturated carbocycles. The van der Waals surface area contributed by atoms with Crippen LogP contribution >= 0.6 is 43.5 Å². The van der Waals surface area contributed by atoms with Crippen LogP contribution in [0, 0.1) is 13.8 Å². The van der Waals surface area contributed by atoms with Crippen molar-refractivity contribution in [2.45, 2.75) is 20.0 Å². The molecular weight excluding hydrogens is 419 g/mol. The summed E-state index contributed by atoms with van der Waals surface area (Å²) < 4.78 is 7.24. The van der Waals surface area contributed by atoms with E-state index >= 15 is 0 Å². The third kappa shape index (κ3) is 3.29. The van der Waals surface area contributed by atoms with Gasteiger partial charge in [-0.25, -0.2) is 0 Å². The largest absolute Gasteiger partial charge is 0.496 e. The Balaban J connectivity index is 2.68. The maximum Gasteiger partial charge on any atom is 0.128 e. The molecule has 0 amide bonds. The second-order valence-corrected chi connectivity index (χ2v) is 6.96. The Kier molecular flexibility index (Phi) is 5.36. The number of halogens is 3. The summed E-state index contributed by atoms with van der Waals surface area (Å²) in [6, 6.07) is 7.34. The highest BCUT2D eigenvalue weighted by Gasteiger charge is 2.23. The van der Waals surface area contributed by atoms with Gasteiger partial charge in [-0.3, -0.25) is 0 Å². The Morgan fingerprint density at radius 2 is 1.81 bits per heavy atom. The summed E-state index contributed by atoms with van der Waals surface area (Å²) in [5, 5.41) is 11.4. The number of aliphatic hydroxyl groups is 1. The molecule has 2 aromatic carbocycles. The van der Waals surface area contributed by atoms with E-state index < -0.39 is 6.10 Å². The third-order valence-electron chi connectivity index (χ3n) is 3.44. The number of aryl methyl sites for hydroxylation is 1. The summed E-state index contributed by atoms with van der Waals surface area (Å²) in [7, 11) is 1.61. The normalized spacial score (nSPS) is 12.3. The summed E-state index contributed by atoms with van der Waals surface area (Å²) in [5.41, 5.74) is 3.35. The lowest BCUT2D eigenvalue weighted by Crippen LogP contribution is -2.07. The van der Waals surface area contributed by atoms with Crippen molar-refractivity contribution < 1.29 is 9.84 Å². The molecule has 0 saturated heterocycles. The molecule has 112 valence electrons.